The number of hydrogen-bond donors (Lipinski definition) is 0. The number of amides is 1. The van der Waals surface area contributed by atoms with E-state index in [1.54, 1.807) is 19.1 Å². The van der Waals surface area contributed by atoms with E-state index in [2.05, 4.69) is 10.3 Å². The molecule has 7 nitrogen and oxygen atoms in total. The number of rotatable bonds is 5. The highest BCUT2D eigenvalue weighted by molar-refractivity contribution is 5.92. The highest BCUT2D eigenvalue weighted by atomic mass is 16.5. The quantitative estimate of drug-likeness (QED) is 0.607. The van der Waals surface area contributed by atoms with Crippen LogP contribution < -0.4 is 0 Å². The molecule has 3 aromatic rings. The Kier molecular flexibility index (Phi) is 6.07. The van der Waals surface area contributed by atoms with Crippen molar-refractivity contribution in [1.29, 1.82) is 0 Å². The van der Waals surface area contributed by atoms with Gasteiger partial charge in [-0.05, 0) is 49.6 Å². The Labute approximate surface area is 175 Å². The second kappa shape index (κ2) is 9.07. The van der Waals surface area contributed by atoms with Crippen molar-refractivity contribution in [3.8, 4) is 0 Å². The summed E-state index contributed by atoms with van der Waals surface area (Å²) in [4.78, 5) is 26.9. The molecule has 1 atom stereocenters. The molecule has 1 aliphatic heterocycles. The Hall–Kier alpha value is -3.22. The number of carbonyl (C=O) groups excluding carboxylic acids is 2. The number of esters is 1. The summed E-state index contributed by atoms with van der Waals surface area (Å²) in [6.45, 7) is 3.69. The highest BCUT2D eigenvalue weighted by Crippen LogP contribution is 2.15. The number of nitrogens with zero attached hydrogens (tertiary/aromatic N) is 4. The molecule has 0 unspecified atom stereocenters. The molecule has 30 heavy (non-hydrogen) atoms. The number of benzene rings is 2. The van der Waals surface area contributed by atoms with Crippen molar-refractivity contribution in [2.45, 2.75) is 45.3 Å². The van der Waals surface area contributed by atoms with Crippen molar-refractivity contribution < 1.29 is 14.3 Å². The summed E-state index contributed by atoms with van der Waals surface area (Å²) in [6, 6.07) is 15.0. The third-order valence-electron chi connectivity index (χ3n) is 5.49. The fourth-order valence-corrected chi connectivity index (χ4v) is 3.78. The number of para-hydroxylation sites is 1. The molecule has 1 fully saturated rings. The van der Waals surface area contributed by atoms with Crippen molar-refractivity contribution in [1.82, 2.24) is 19.9 Å². The Balaban J connectivity index is 1.37. The van der Waals surface area contributed by atoms with Crippen LogP contribution in [0.4, 0.5) is 0 Å². The van der Waals surface area contributed by atoms with Crippen LogP contribution in [-0.2, 0) is 16.1 Å². The summed E-state index contributed by atoms with van der Waals surface area (Å²) in [7, 11) is 0. The van der Waals surface area contributed by atoms with Crippen LogP contribution in [0.5, 0.6) is 0 Å². The maximum Gasteiger partial charge on any atom is 0.338 e. The van der Waals surface area contributed by atoms with E-state index in [9.17, 15) is 9.59 Å². The fourth-order valence-electron chi connectivity index (χ4n) is 3.78. The molecule has 2 heterocycles. The lowest BCUT2D eigenvalue weighted by Gasteiger charge is -2.24. The number of fused-ring (bicyclic) bond motifs is 1. The van der Waals surface area contributed by atoms with Gasteiger partial charge in [-0.3, -0.25) is 4.79 Å². The maximum atomic E-state index is 12.6. The smallest absolute Gasteiger partial charge is 0.338 e. The lowest BCUT2D eigenvalue weighted by atomic mass is 10.1. The highest BCUT2D eigenvalue weighted by Gasteiger charge is 2.24. The first kappa shape index (κ1) is 20.1. The van der Waals surface area contributed by atoms with E-state index >= 15 is 0 Å². The molecule has 1 aromatic heterocycles. The standard InChI is InChI=1S/C23H26N4O3/c1-17(22(28)26-14-6-2-3-7-15-26)30-23(29)19-12-10-18(11-13-19)16-27-21-9-5-4-8-20(21)24-25-27/h4-5,8-13,17H,2-3,6-7,14-16H2,1H3/t17-/m0/s1. The Morgan fingerprint density at radius 3 is 2.43 bits per heavy atom. The van der Waals surface area contributed by atoms with Crippen molar-refractivity contribution >= 4 is 22.9 Å². The predicted molar refractivity (Wildman–Crippen MR) is 113 cm³/mol. The molecule has 0 aliphatic carbocycles. The lowest BCUT2D eigenvalue weighted by Crippen LogP contribution is -2.40. The monoisotopic (exact) mass is 406 g/mol. The Bertz CT molecular complexity index is 1020. The Morgan fingerprint density at radius 2 is 1.70 bits per heavy atom. The van der Waals surface area contributed by atoms with Gasteiger partial charge in [-0.15, -0.1) is 5.10 Å². The van der Waals surface area contributed by atoms with Gasteiger partial charge >= 0.3 is 5.97 Å². The van der Waals surface area contributed by atoms with Gasteiger partial charge in [0.05, 0.1) is 17.6 Å². The number of ether oxygens (including phenoxy) is 1. The zero-order valence-corrected chi connectivity index (χ0v) is 17.2. The first-order valence-corrected chi connectivity index (χ1v) is 10.5. The molecule has 7 heteroatoms. The zero-order valence-electron chi connectivity index (χ0n) is 17.2. The third kappa shape index (κ3) is 4.50. The van der Waals surface area contributed by atoms with Gasteiger partial charge in [0.2, 0.25) is 0 Å². The lowest BCUT2D eigenvalue weighted by molar-refractivity contribution is -0.139. The molecule has 4 rings (SSSR count). The van der Waals surface area contributed by atoms with Crippen LogP contribution in [0.2, 0.25) is 0 Å². The van der Waals surface area contributed by atoms with Crippen molar-refractivity contribution in [3.05, 3.63) is 59.7 Å². The van der Waals surface area contributed by atoms with Gasteiger partial charge in [0.1, 0.15) is 5.52 Å². The first-order valence-electron chi connectivity index (χ1n) is 10.5. The van der Waals surface area contributed by atoms with E-state index in [1.807, 2.05) is 46.0 Å². The zero-order chi connectivity index (χ0) is 20.9. The molecule has 2 aromatic carbocycles. The molecule has 1 saturated heterocycles. The molecule has 1 amide bonds. The van der Waals surface area contributed by atoms with Gasteiger partial charge in [0.25, 0.3) is 5.91 Å². The summed E-state index contributed by atoms with van der Waals surface area (Å²) >= 11 is 0. The molecule has 0 spiro atoms. The first-order chi connectivity index (χ1) is 14.6. The van der Waals surface area contributed by atoms with Gasteiger partial charge in [-0.2, -0.15) is 0 Å². The molecule has 1 aliphatic rings. The minimum Gasteiger partial charge on any atom is -0.449 e. The van der Waals surface area contributed by atoms with Crippen LogP contribution >= 0.6 is 0 Å². The van der Waals surface area contributed by atoms with E-state index in [0.29, 0.717) is 12.1 Å². The molecule has 0 radical (unpaired) electrons. The van der Waals surface area contributed by atoms with Crippen LogP contribution in [0.25, 0.3) is 11.0 Å². The Morgan fingerprint density at radius 1 is 1.00 bits per heavy atom. The second-order valence-electron chi connectivity index (χ2n) is 7.72. The van der Waals surface area contributed by atoms with Gasteiger partial charge in [-0.25, -0.2) is 9.48 Å². The SMILES string of the molecule is C[C@H](OC(=O)c1ccc(Cn2nnc3ccccc32)cc1)C(=O)N1CCCCCC1. The van der Waals surface area contributed by atoms with Crippen LogP contribution in [-0.4, -0.2) is 51.0 Å². The van der Waals surface area contributed by atoms with Crippen LogP contribution in [0.3, 0.4) is 0 Å². The number of hydrogen-bond acceptors (Lipinski definition) is 5. The summed E-state index contributed by atoms with van der Waals surface area (Å²) in [5.74, 6) is -0.594. The minimum atomic E-state index is -0.781. The normalized spacial score (nSPS) is 15.6. The summed E-state index contributed by atoms with van der Waals surface area (Å²) < 4.78 is 7.26. The molecule has 0 saturated carbocycles. The van der Waals surface area contributed by atoms with Gasteiger partial charge in [0.15, 0.2) is 6.10 Å². The van der Waals surface area contributed by atoms with E-state index in [-0.39, 0.29) is 5.91 Å². The van der Waals surface area contributed by atoms with Gasteiger partial charge < -0.3 is 9.64 Å². The third-order valence-corrected chi connectivity index (χ3v) is 5.49. The topological polar surface area (TPSA) is 77.3 Å². The van der Waals surface area contributed by atoms with Crippen LogP contribution in [0.15, 0.2) is 48.5 Å². The molecule has 0 bridgehead atoms. The molecule has 0 N–H and O–H groups in total. The predicted octanol–water partition coefficient (Wildman–Crippen LogP) is 3.43. The number of likely N-dealkylation sites (tertiary alicyclic amines) is 1. The summed E-state index contributed by atoms with van der Waals surface area (Å²) in [6.07, 6.45) is 3.53. The van der Waals surface area contributed by atoms with Crippen LogP contribution in [0.1, 0.15) is 48.5 Å². The number of carbonyl (C=O) groups is 2. The van der Waals surface area contributed by atoms with Crippen molar-refractivity contribution in [3.63, 3.8) is 0 Å². The fraction of sp³-hybridized carbons (Fsp3) is 0.391. The second-order valence-corrected chi connectivity index (χ2v) is 7.72. The van der Waals surface area contributed by atoms with E-state index < -0.39 is 12.1 Å². The summed E-state index contributed by atoms with van der Waals surface area (Å²) in [5.41, 5.74) is 3.23. The van der Waals surface area contributed by atoms with E-state index in [1.165, 1.54) is 0 Å². The van der Waals surface area contributed by atoms with E-state index in [0.717, 1.165) is 55.4 Å². The average Bonchev–Trinajstić information content (AvgIpc) is 2.98. The van der Waals surface area contributed by atoms with Gasteiger partial charge in [0, 0.05) is 13.1 Å². The molecule has 156 valence electrons. The van der Waals surface area contributed by atoms with Crippen LogP contribution in [0, 0.1) is 0 Å². The van der Waals surface area contributed by atoms with Gasteiger partial charge in [-0.1, -0.05) is 42.3 Å². The number of aromatic nitrogens is 3. The summed E-state index contributed by atoms with van der Waals surface area (Å²) in [5, 5.41) is 8.35. The van der Waals surface area contributed by atoms with Crippen molar-refractivity contribution in [2.75, 3.05) is 13.1 Å². The van der Waals surface area contributed by atoms with Crippen molar-refractivity contribution in [2.24, 2.45) is 0 Å². The largest absolute Gasteiger partial charge is 0.449 e. The average molecular weight is 406 g/mol. The minimum absolute atomic E-state index is 0.111. The maximum absolute atomic E-state index is 12.6. The molecular weight excluding hydrogens is 380 g/mol. The van der Waals surface area contributed by atoms with E-state index in [4.69, 9.17) is 4.74 Å². The molecular formula is C23H26N4O3.